The molecule has 1 fully saturated rings. The van der Waals surface area contributed by atoms with Gasteiger partial charge < -0.3 is 10.2 Å². The molecule has 1 aliphatic rings. The van der Waals surface area contributed by atoms with Crippen molar-refractivity contribution in [1.29, 1.82) is 0 Å². The molecule has 1 aliphatic carbocycles. The van der Waals surface area contributed by atoms with E-state index in [1.54, 1.807) is 25.1 Å². The molecule has 31 heavy (non-hydrogen) atoms. The highest BCUT2D eigenvalue weighted by Gasteiger charge is 2.44. The molecule has 2 atom stereocenters. The van der Waals surface area contributed by atoms with E-state index in [9.17, 15) is 26.4 Å². The number of hydrogen-bond donors (Lipinski definition) is 1. The van der Waals surface area contributed by atoms with Crippen LogP contribution in [-0.4, -0.2) is 46.8 Å². The van der Waals surface area contributed by atoms with Gasteiger partial charge in [0.05, 0.1) is 21.8 Å². The first-order valence-electron chi connectivity index (χ1n) is 9.54. The highest BCUT2D eigenvalue weighted by atomic mass is 32.2. The molecule has 2 aromatic rings. The minimum Gasteiger partial charge on any atom is -0.376 e. The van der Waals surface area contributed by atoms with E-state index in [0.717, 1.165) is 16.4 Å². The Morgan fingerprint density at radius 3 is 2.16 bits per heavy atom. The molecule has 3 rings (SSSR count). The number of hydrogen-bond acceptors (Lipinski definition) is 4. The number of nitrogens with one attached hydrogen (secondary N) is 1. The van der Waals surface area contributed by atoms with Gasteiger partial charge in [0.1, 0.15) is 0 Å². The topological polar surface area (TPSA) is 69.7 Å². The number of rotatable bonds is 6. The van der Waals surface area contributed by atoms with E-state index in [2.05, 4.69) is 5.32 Å². The molecule has 2 unspecified atom stereocenters. The summed E-state index contributed by atoms with van der Waals surface area (Å²) in [5.74, 6) is -0.855. The van der Waals surface area contributed by atoms with Crippen molar-refractivity contribution >= 4 is 27.3 Å². The number of carbonyl (C=O) groups is 1. The lowest BCUT2D eigenvalue weighted by Crippen LogP contribution is -2.23. The lowest BCUT2D eigenvalue weighted by molar-refractivity contribution is -0.137. The molecular formula is C21H24F3N3O3S. The summed E-state index contributed by atoms with van der Waals surface area (Å²) in [6, 6.07) is 9.34. The number of alkyl halides is 3. The number of anilines is 2. The second kappa shape index (κ2) is 8.16. The molecule has 168 valence electrons. The second-order valence-electron chi connectivity index (χ2n) is 7.92. The van der Waals surface area contributed by atoms with E-state index < -0.39 is 21.8 Å². The highest BCUT2D eigenvalue weighted by Crippen LogP contribution is 2.48. The van der Waals surface area contributed by atoms with E-state index in [-0.39, 0.29) is 22.6 Å². The van der Waals surface area contributed by atoms with Gasteiger partial charge in [0.2, 0.25) is 15.9 Å². The number of benzene rings is 2. The monoisotopic (exact) mass is 455 g/mol. The Bertz CT molecular complexity index is 1080. The molecule has 0 spiro atoms. The Balaban J connectivity index is 1.79. The van der Waals surface area contributed by atoms with Gasteiger partial charge in [-0.1, -0.05) is 12.1 Å². The highest BCUT2D eigenvalue weighted by molar-refractivity contribution is 7.89. The minimum atomic E-state index is -4.40. The summed E-state index contributed by atoms with van der Waals surface area (Å²) in [4.78, 5) is 14.6. The van der Waals surface area contributed by atoms with Crippen LogP contribution in [0.15, 0.2) is 47.4 Å². The van der Waals surface area contributed by atoms with Crippen molar-refractivity contribution in [2.24, 2.45) is 5.92 Å². The molecule has 6 nitrogen and oxygen atoms in total. The van der Waals surface area contributed by atoms with Crippen molar-refractivity contribution in [3.8, 4) is 0 Å². The third-order valence-corrected chi connectivity index (χ3v) is 7.09. The quantitative estimate of drug-likeness (QED) is 0.720. The fraction of sp³-hybridized carbons (Fsp3) is 0.381. The summed E-state index contributed by atoms with van der Waals surface area (Å²) in [6.45, 7) is 0. The van der Waals surface area contributed by atoms with Crippen molar-refractivity contribution in [3.63, 3.8) is 0 Å². The normalized spacial score (nSPS) is 18.7. The van der Waals surface area contributed by atoms with Gasteiger partial charge in [0.25, 0.3) is 0 Å². The lowest BCUT2D eigenvalue weighted by Gasteiger charge is -2.20. The zero-order chi connectivity index (χ0) is 23.1. The number of halogens is 3. The van der Waals surface area contributed by atoms with Crippen molar-refractivity contribution in [2.75, 3.05) is 38.4 Å². The second-order valence-corrected chi connectivity index (χ2v) is 10.1. The maximum atomic E-state index is 12.8. The Labute approximate surface area is 179 Å². The molecule has 0 radical (unpaired) electrons. The zero-order valence-electron chi connectivity index (χ0n) is 17.6. The fourth-order valence-electron chi connectivity index (χ4n) is 3.37. The largest absolute Gasteiger partial charge is 0.416 e. The van der Waals surface area contributed by atoms with Crippen LogP contribution >= 0.6 is 0 Å². The van der Waals surface area contributed by atoms with Crippen LogP contribution in [0.3, 0.4) is 0 Å². The number of sulfonamides is 1. The molecule has 0 aromatic heterocycles. The van der Waals surface area contributed by atoms with E-state index in [4.69, 9.17) is 0 Å². The van der Waals surface area contributed by atoms with E-state index in [0.29, 0.717) is 23.4 Å². The van der Waals surface area contributed by atoms with Crippen LogP contribution in [0.25, 0.3) is 0 Å². The zero-order valence-corrected chi connectivity index (χ0v) is 18.4. The molecule has 0 aliphatic heterocycles. The van der Waals surface area contributed by atoms with E-state index in [1.807, 2.05) is 0 Å². The molecule has 0 heterocycles. The van der Waals surface area contributed by atoms with Crippen LogP contribution in [0.1, 0.15) is 23.5 Å². The van der Waals surface area contributed by atoms with Crippen LogP contribution in [0, 0.1) is 5.92 Å². The summed E-state index contributed by atoms with van der Waals surface area (Å²) in [6.07, 6.45) is -3.89. The summed E-state index contributed by atoms with van der Waals surface area (Å²) in [5, 5.41) is 2.80. The molecule has 1 N–H and O–H groups in total. The molecular weight excluding hydrogens is 431 g/mol. The maximum Gasteiger partial charge on any atom is 0.416 e. The first-order valence-corrected chi connectivity index (χ1v) is 11.0. The van der Waals surface area contributed by atoms with Gasteiger partial charge >= 0.3 is 6.18 Å². The van der Waals surface area contributed by atoms with Crippen LogP contribution in [0.2, 0.25) is 0 Å². The van der Waals surface area contributed by atoms with Gasteiger partial charge in [-0.05, 0) is 48.2 Å². The van der Waals surface area contributed by atoms with Gasteiger partial charge in [0.15, 0.2) is 0 Å². The van der Waals surface area contributed by atoms with E-state index >= 15 is 0 Å². The predicted octanol–water partition coefficient (Wildman–Crippen LogP) is 3.76. The fourth-order valence-corrected chi connectivity index (χ4v) is 4.30. The third-order valence-electron chi connectivity index (χ3n) is 5.28. The summed E-state index contributed by atoms with van der Waals surface area (Å²) < 4.78 is 64.2. The first kappa shape index (κ1) is 23.1. The molecule has 2 aromatic carbocycles. The average Bonchev–Trinajstić information content (AvgIpc) is 3.48. The molecule has 10 heteroatoms. The summed E-state index contributed by atoms with van der Waals surface area (Å²) in [5.41, 5.74) is 0.936. The Hall–Kier alpha value is -2.59. The van der Waals surface area contributed by atoms with Crippen molar-refractivity contribution in [1.82, 2.24) is 4.31 Å². The van der Waals surface area contributed by atoms with Crippen molar-refractivity contribution < 1.29 is 26.4 Å². The Morgan fingerprint density at radius 2 is 1.65 bits per heavy atom. The van der Waals surface area contributed by atoms with Gasteiger partial charge in [0, 0.05) is 34.1 Å². The van der Waals surface area contributed by atoms with Gasteiger partial charge in [-0.3, -0.25) is 4.79 Å². The summed E-state index contributed by atoms with van der Waals surface area (Å²) in [7, 11) is 2.71. The Morgan fingerprint density at radius 1 is 1.03 bits per heavy atom. The average molecular weight is 456 g/mol. The first-order chi connectivity index (χ1) is 14.3. The smallest absolute Gasteiger partial charge is 0.376 e. The van der Waals surface area contributed by atoms with E-state index in [1.165, 1.54) is 38.4 Å². The molecule has 0 saturated heterocycles. The molecule has 0 bridgehead atoms. The van der Waals surface area contributed by atoms with Crippen LogP contribution < -0.4 is 10.2 Å². The lowest BCUT2D eigenvalue weighted by atomic mass is 10.1. The maximum absolute atomic E-state index is 12.8. The van der Waals surface area contributed by atoms with Crippen LogP contribution in [0.4, 0.5) is 24.5 Å². The number of amides is 1. The number of carbonyl (C=O) groups excluding carboxylic acids is 1. The third kappa shape index (κ3) is 4.85. The summed E-state index contributed by atoms with van der Waals surface area (Å²) >= 11 is 0. The molecule has 1 amide bonds. The van der Waals surface area contributed by atoms with Crippen molar-refractivity contribution in [3.05, 3.63) is 53.6 Å². The van der Waals surface area contributed by atoms with Gasteiger partial charge in [-0.2, -0.15) is 13.2 Å². The van der Waals surface area contributed by atoms with Gasteiger partial charge in [-0.25, -0.2) is 12.7 Å². The van der Waals surface area contributed by atoms with Gasteiger partial charge in [-0.15, -0.1) is 0 Å². The van der Waals surface area contributed by atoms with Crippen LogP contribution in [-0.2, 0) is 21.0 Å². The predicted molar refractivity (Wildman–Crippen MR) is 113 cm³/mol. The molecule has 1 saturated carbocycles. The Kier molecular flexibility index (Phi) is 6.07. The van der Waals surface area contributed by atoms with Crippen LogP contribution in [0.5, 0.6) is 0 Å². The minimum absolute atomic E-state index is 0.0495. The van der Waals surface area contributed by atoms with Crippen molar-refractivity contribution in [2.45, 2.75) is 23.4 Å². The SMILES string of the molecule is CN(C)c1ccc(S(=O)(=O)N(C)C)cc1NC(=O)C1CC1c1ccc(C(F)(F)F)cc1. The number of nitrogens with zero attached hydrogens (tertiary/aromatic N) is 2. The standard InChI is InChI=1S/C21H24F3N3O3S/c1-26(2)19-10-9-15(31(29,30)27(3)4)11-18(19)25-20(28)17-12-16(17)13-5-7-14(8-6-13)21(22,23)24/h5-11,16-17H,12H2,1-4H3,(H,25,28).